The average Bonchev–Trinajstić information content (AvgIpc) is 2.34. The Morgan fingerprint density at radius 3 is 2.25 bits per heavy atom. The highest BCUT2D eigenvalue weighted by atomic mass is 16.5. The summed E-state index contributed by atoms with van der Waals surface area (Å²) in [4.78, 5) is 0. The number of hydrogen-bond donors (Lipinski definition) is 2. The molecule has 0 radical (unpaired) electrons. The van der Waals surface area contributed by atoms with Gasteiger partial charge in [0.15, 0.2) is 0 Å². The quantitative estimate of drug-likeness (QED) is 0.368. The summed E-state index contributed by atoms with van der Waals surface area (Å²) in [5.74, 6) is 0. The van der Waals surface area contributed by atoms with Crippen LogP contribution in [0.1, 0.15) is 6.92 Å². The van der Waals surface area contributed by atoms with E-state index >= 15 is 0 Å². The number of rotatable bonds is 1. The van der Waals surface area contributed by atoms with Gasteiger partial charge in [-0.2, -0.15) is 0 Å². The zero-order valence-corrected chi connectivity index (χ0v) is 7.21. The van der Waals surface area contributed by atoms with Crippen LogP contribution in [0.5, 0.6) is 0 Å². The first-order chi connectivity index (χ1) is 5.56. The van der Waals surface area contributed by atoms with E-state index in [4.69, 9.17) is 15.1 Å². The van der Waals surface area contributed by atoms with Crippen molar-refractivity contribution in [3.63, 3.8) is 0 Å². The maximum absolute atomic E-state index is 8.64. The van der Waals surface area contributed by atoms with Crippen molar-refractivity contribution in [3.8, 4) is 0 Å². The SMILES string of the molecule is CCn1cc[n+](C)c1.[O-]B(O)O. The number of hydrogen-bond acceptors (Lipinski definition) is 3. The molecular weight excluding hydrogens is 159 g/mol. The molecule has 0 aliphatic carbocycles. The fourth-order valence-corrected chi connectivity index (χ4v) is 0.689. The Labute approximate surface area is 71.7 Å². The van der Waals surface area contributed by atoms with E-state index in [0.29, 0.717) is 0 Å². The smallest absolute Gasteiger partial charge is 0.339 e. The summed E-state index contributed by atoms with van der Waals surface area (Å²) in [6.07, 6.45) is 6.14. The van der Waals surface area contributed by atoms with Crippen LogP contribution in [0.2, 0.25) is 0 Å². The van der Waals surface area contributed by atoms with E-state index in [-0.39, 0.29) is 0 Å². The van der Waals surface area contributed by atoms with Crippen molar-refractivity contribution in [2.75, 3.05) is 0 Å². The molecule has 6 heteroatoms. The molecule has 0 saturated carbocycles. The van der Waals surface area contributed by atoms with Crippen molar-refractivity contribution in [2.45, 2.75) is 13.5 Å². The maximum atomic E-state index is 8.64. The summed E-state index contributed by atoms with van der Waals surface area (Å²) in [5.41, 5.74) is 0. The van der Waals surface area contributed by atoms with Gasteiger partial charge in [-0.25, -0.2) is 9.13 Å². The second-order valence-electron chi connectivity index (χ2n) is 2.24. The summed E-state index contributed by atoms with van der Waals surface area (Å²) in [6, 6.07) is 0. The third-order valence-electron chi connectivity index (χ3n) is 1.19. The van der Waals surface area contributed by atoms with Gasteiger partial charge in [-0.15, -0.1) is 0 Å². The van der Waals surface area contributed by atoms with Gasteiger partial charge in [0.05, 0.1) is 13.6 Å². The van der Waals surface area contributed by atoms with Gasteiger partial charge in [-0.1, -0.05) is 0 Å². The third kappa shape index (κ3) is 5.90. The summed E-state index contributed by atoms with van der Waals surface area (Å²) in [6.45, 7) is 3.18. The molecule has 0 unspecified atom stereocenters. The van der Waals surface area contributed by atoms with Crippen molar-refractivity contribution >= 4 is 7.32 Å². The van der Waals surface area contributed by atoms with Crippen molar-refractivity contribution < 1.29 is 19.6 Å². The molecule has 0 atom stereocenters. The van der Waals surface area contributed by atoms with E-state index in [1.807, 2.05) is 17.8 Å². The van der Waals surface area contributed by atoms with Crippen LogP contribution in [0.3, 0.4) is 0 Å². The summed E-state index contributed by atoms with van der Waals surface area (Å²) in [5, 5.41) is 22.8. The van der Waals surface area contributed by atoms with Gasteiger partial charge in [-0.05, 0) is 6.92 Å². The number of aromatic nitrogens is 2. The number of nitrogens with zero attached hydrogens (tertiary/aromatic N) is 2. The highest BCUT2D eigenvalue weighted by Gasteiger charge is 1.92. The van der Waals surface area contributed by atoms with E-state index in [2.05, 4.69) is 24.0 Å². The van der Waals surface area contributed by atoms with Gasteiger partial charge in [0.1, 0.15) is 12.4 Å². The first-order valence-electron chi connectivity index (χ1n) is 3.59. The van der Waals surface area contributed by atoms with Crippen LogP contribution in [0.4, 0.5) is 0 Å². The molecule has 0 aliphatic heterocycles. The van der Waals surface area contributed by atoms with Crippen molar-refractivity contribution in [1.82, 2.24) is 4.57 Å². The Kier molecular flexibility index (Phi) is 5.36. The molecule has 68 valence electrons. The minimum Gasteiger partial charge on any atom is -0.832 e. The van der Waals surface area contributed by atoms with Gasteiger partial charge >= 0.3 is 7.32 Å². The van der Waals surface area contributed by atoms with Crippen LogP contribution < -0.4 is 9.59 Å². The number of imidazole rings is 1. The molecule has 1 rings (SSSR count). The molecule has 0 aromatic carbocycles. The van der Waals surface area contributed by atoms with Crippen LogP contribution in [0.15, 0.2) is 18.7 Å². The minimum absolute atomic E-state index is 1.06. The Morgan fingerprint density at radius 2 is 2.08 bits per heavy atom. The topological polar surface area (TPSA) is 72.3 Å². The molecular formula is C6H13BN2O3. The van der Waals surface area contributed by atoms with Gasteiger partial charge in [-0.3, -0.25) is 0 Å². The standard InChI is InChI=1S/C6H11N2.BH2O3/c1-3-8-5-4-7(2)6-8;2-1(3)4/h4-6H,3H2,1-2H3;2-3H/q+1;-1. The van der Waals surface area contributed by atoms with Crippen LogP contribution >= 0.6 is 0 Å². The maximum Gasteiger partial charge on any atom is 0.339 e. The lowest BCUT2D eigenvalue weighted by Gasteiger charge is -1.92. The number of aryl methyl sites for hydroxylation is 2. The lowest BCUT2D eigenvalue weighted by atomic mass is 10.3. The summed E-state index contributed by atoms with van der Waals surface area (Å²) in [7, 11) is -0.397. The van der Waals surface area contributed by atoms with Crippen LogP contribution in [0.25, 0.3) is 0 Å². The molecule has 0 saturated heterocycles. The summed E-state index contributed by atoms with van der Waals surface area (Å²) >= 11 is 0. The molecule has 0 spiro atoms. The zero-order valence-electron chi connectivity index (χ0n) is 7.21. The van der Waals surface area contributed by atoms with Crippen molar-refractivity contribution in [1.29, 1.82) is 0 Å². The Balaban J connectivity index is 0.000000261. The van der Waals surface area contributed by atoms with Crippen LogP contribution in [-0.4, -0.2) is 21.9 Å². The Morgan fingerprint density at radius 1 is 1.58 bits per heavy atom. The van der Waals surface area contributed by atoms with E-state index in [0.717, 1.165) is 6.54 Å². The molecule has 2 N–H and O–H groups in total. The average molecular weight is 172 g/mol. The lowest BCUT2D eigenvalue weighted by molar-refractivity contribution is -0.671. The molecule has 12 heavy (non-hydrogen) atoms. The van der Waals surface area contributed by atoms with Crippen molar-refractivity contribution in [2.24, 2.45) is 7.05 Å². The molecule has 1 aromatic rings. The van der Waals surface area contributed by atoms with E-state index in [9.17, 15) is 0 Å². The van der Waals surface area contributed by atoms with Crippen molar-refractivity contribution in [3.05, 3.63) is 18.7 Å². The van der Waals surface area contributed by atoms with Gasteiger partial charge in [0, 0.05) is 0 Å². The van der Waals surface area contributed by atoms with Gasteiger partial charge < -0.3 is 15.1 Å². The largest absolute Gasteiger partial charge is 0.832 e. The molecule has 0 amide bonds. The highest BCUT2D eigenvalue weighted by molar-refractivity contribution is 6.28. The molecule has 5 nitrogen and oxygen atoms in total. The monoisotopic (exact) mass is 172 g/mol. The lowest BCUT2D eigenvalue weighted by Crippen LogP contribution is -2.29. The normalized spacial score (nSPS) is 8.75. The van der Waals surface area contributed by atoms with Crippen LogP contribution in [-0.2, 0) is 13.6 Å². The van der Waals surface area contributed by atoms with Crippen LogP contribution in [0, 0.1) is 0 Å². The molecule has 0 fully saturated rings. The molecule has 0 bridgehead atoms. The molecule has 1 heterocycles. The zero-order chi connectivity index (χ0) is 9.56. The van der Waals surface area contributed by atoms with E-state index in [1.165, 1.54) is 0 Å². The fourth-order valence-electron chi connectivity index (χ4n) is 0.689. The third-order valence-corrected chi connectivity index (χ3v) is 1.19. The van der Waals surface area contributed by atoms with Gasteiger partial charge in [0.2, 0.25) is 6.33 Å². The Hall–Kier alpha value is -0.845. The van der Waals surface area contributed by atoms with E-state index < -0.39 is 7.32 Å². The molecule has 0 aliphatic rings. The first-order valence-corrected chi connectivity index (χ1v) is 3.59. The van der Waals surface area contributed by atoms with E-state index in [1.54, 1.807) is 0 Å². The predicted octanol–water partition coefficient (Wildman–Crippen LogP) is -2.35. The Bertz CT molecular complexity index is 212. The predicted molar refractivity (Wildman–Crippen MR) is 41.5 cm³/mol. The second kappa shape index (κ2) is 5.76. The minimum atomic E-state index is -2.42. The highest BCUT2D eigenvalue weighted by Crippen LogP contribution is 1.79. The molecule has 1 aromatic heterocycles. The fraction of sp³-hybridized carbons (Fsp3) is 0.500. The second-order valence-corrected chi connectivity index (χ2v) is 2.24. The first kappa shape index (κ1) is 11.2. The summed E-state index contributed by atoms with van der Waals surface area (Å²) < 4.78 is 4.16. The van der Waals surface area contributed by atoms with Gasteiger partial charge in [0.25, 0.3) is 0 Å².